The second-order valence-electron chi connectivity index (χ2n) is 5.87. The van der Waals surface area contributed by atoms with E-state index in [1.807, 2.05) is 62.3 Å². The summed E-state index contributed by atoms with van der Waals surface area (Å²) >= 11 is 0. The molecule has 2 aromatic rings. The number of benzene rings is 2. The minimum absolute atomic E-state index is 0.538. The lowest BCUT2D eigenvalue weighted by atomic mass is 10.0. The van der Waals surface area contributed by atoms with Crippen LogP contribution in [-0.4, -0.2) is 41.2 Å². The van der Waals surface area contributed by atoms with Crippen molar-refractivity contribution < 1.29 is 13.0 Å². The molecule has 0 aliphatic rings. The van der Waals surface area contributed by atoms with Crippen molar-refractivity contribution >= 4 is 21.5 Å². The largest absolute Gasteiger partial charge is 0.378 e. The molecule has 2 aromatic carbocycles. The Labute approximate surface area is 137 Å². The summed E-state index contributed by atoms with van der Waals surface area (Å²) in [5, 5.41) is -1.09. The van der Waals surface area contributed by atoms with Crippen LogP contribution in [0.3, 0.4) is 0 Å². The molecule has 0 spiro atoms. The van der Waals surface area contributed by atoms with Gasteiger partial charge in [0.2, 0.25) is 0 Å². The zero-order valence-corrected chi connectivity index (χ0v) is 14.6. The Bertz CT molecular complexity index is 700. The van der Waals surface area contributed by atoms with Gasteiger partial charge in [0.05, 0.1) is 0 Å². The molecule has 23 heavy (non-hydrogen) atoms. The quantitative estimate of drug-likeness (QED) is 0.852. The van der Waals surface area contributed by atoms with Gasteiger partial charge >= 0.3 is 0 Å². The van der Waals surface area contributed by atoms with Crippen LogP contribution in [0.5, 0.6) is 0 Å². The molecule has 2 rings (SSSR count). The van der Waals surface area contributed by atoms with E-state index in [4.69, 9.17) is 0 Å². The SMILES string of the molecule is CN(C)c1ccc(C(c2ccc(N(C)C)cc2)S(=O)(=O)O)cc1. The Hall–Kier alpha value is -2.05. The molecule has 124 valence electrons. The molecule has 0 saturated carbocycles. The highest BCUT2D eigenvalue weighted by Crippen LogP contribution is 2.31. The zero-order valence-electron chi connectivity index (χ0n) is 13.8. The second-order valence-corrected chi connectivity index (χ2v) is 7.37. The Morgan fingerprint density at radius 1 is 0.739 bits per heavy atom. The van der Waals surface area contributed by atoms with E-state index in [0.717, 1.165) is 11.4 Å². The van der Waals surface area contributed by atoms with Crippen LogP contribution in [0, 0.1) is 0 Å². The average Bonchev–Trinajstić information content (AvgIpc) is 2.47. The fourth-order valence-electron chi connectivity index (χ4n) is 2.43. The highest BCUT2D eigenvalue weighted by Gasteiger charge is 2.27. The van der Waals surface area contributed by atoms with Gasteiger partial charge in [-0.15, -0.1) is 0 Å². The first-order chi connectivity index (χ1) is 10.7. The summed E-state index contributed by atoms with van der Waals surface area (Å²) in [5.74, 6) is 0. The number of rotatable bonds is 5. The van der Waals surface area contributed by atoms with Crippen LogP contribution >= 0.6 is 0 Å². The summed E-state index contributed by atoms with van der Waals surface area (Å²) in [6.07, 6.45) is 0. The van der Waals surface area contributed by atoms with Gasteiger partial charge in [0.1, 0.15) is 5.25 Å². The maximum atomic E-state index is 11.9. The monoisotopic (exact) mass is 334 g/mol. The third kappa shape index (κ3) is 4.03. The summed E-state index contributed by atoms with van der Waals surface area (Å²) in [6, 6.07) is 14.3. The lowest BCUT2D eigenvalue weighted by Gasteiger charge is -2.19. The summed E-state index contributed by atoms with van der Waals surface area (Å²) in [7, 11) is 3.38. The Morgan fingerprint density at radius 3 is 1.26 bits per heavy atom. The molecule has 6 heteroatoms. The van der Waals surface area contributed by atoms with Crippen LogP contribution in [0.1, 0.15) is 16.4 Å². The van der Waals surface area contributed by atoms with E-state index in [2.05, 4.69) is 0 Å². The van der Waals surface area contributed by atoms with E-state index < -0.39 is 15.4 Å². The van der Waals surface area contributed by atoms with E-state index in [0.29, 0.717) is 11.1 Å². The van der Waals surface area contributed by atoms with Crippen molar-refractivity contribution in [3.05, 3.63) is 59.7 Å². The lowest BCUT2D eigenvalue weighted by Crippen LogP contribution is -2.15. The summed E-state index contributed by atoms with van der Waals surface area (Å²) in [6.45, 7) is 0. The van der Waals surface area contributed by atoms with Crippen molar-refractivity contribution in [3.8, 4) is 0 Å². The maximum Gasteiger partial charge on any atom is 0.276 e. The first-order valence-electron chi connectivity index (χ1n) is 7.21. The molecule has 0 bridgehead atoms. The van der Waals surface area contributed by atoms with Gasteiger partial charge < -0.3 is 9.80 Å². The van der Waals surface area contributed by atoms with Crippen molar-refractivity contribution in [2.24, 2.45) is 0 Å². The Morgan fingerprint density at radius 2 is 1.04 bits per heavy atom. The van der Waals surface area contributed by atoms with E-state index >= 15 is 0 Å². The van der Waals surface area contributed by atoms with Gasteiger partial charge in [-0.2, -0.15) is 8.42 Å². The molecule has 0 radical (unpaired) electrons. The smallest absolute Gasteiger partial charge is 0.276 e. The molecule has 0 aliphatic heterocycles. The summed E-state index contributed by atoms with van der Waals surface area (Å²) in [4.78, 5) is 3.86. The van der Waals surface area contributed by atoms with E-state index in [1.165, 1.54) is 0 Å². The van der Waals surface area contributed by atoms with E-state index in [1.54, 1.807) is 24.3 Å². The molecule has 0 unspecified atom stereocenters. The van der Waals surface area contributed by atoms with Gasteiger partial charge in [-0.05, 0) is 35.4 Å². The van der Waals surface area contributed by atoms with Gasteiger partial charge in [-0.3, -0.25) is 4.55 Å². The van der Waals surface area contributed by atoms with Gasteiger partial charge in [-0.1, -0.05) is 24.3 Å². The van der Waals surface area contributed by atoms with Gasteiger partial charge in [0.25, 0.3) is 10.1 Å². The van der Waals surface area contributed by atoms with Crippen molar-refractivity contribution in [1.82, 2.24) is 0 Å². The fraction of sp³-hybridized carbons (Fsp3) is 0.294. The van der Waals surface area contributed by atoms with Crippen molar-refractivity contribution in [3.63, 3.8) is 0 Å². The highest BCUT2D eigenvalue weighted by atomic mass is 32.2. The Balaban J connectivity index is 2.45. The third-order valence-corrected chi connectivity index (χ3v) is 4.86. The predicted molar refractivity (Wildman–Crippen MR) is 94.9 cm³/mol. The number of nitrogens with zero attached hydrogens (tertiary/aromatic N) is 2. The van der Waals surface area contributed by atoms with Crippen LogP contribution in [0.15, 0.2) is 48.5 Å². The topological polar surface area (TPSA) is 60.9 Å². The Kier molecular flexibility index (Phi) is 4.97. The van der Waals surface area contributed by atoms with Crippen LogP contribution in [0.25, 0.3) is 0 Å². The molecule has 0 atom stereocenters. The second kappa shape index (κ2) is 6.60. The number of hydrogen-bond donors (Lipinski definition) is 1. The first-order valence-corrected chi connectivity index (χ1v) is 8.71. The number of anilines is 2. The average molecular weight is 334 g/mol. The van der Waals surface area contributed by atoms with Crippen LogP contribution < -0.4 is 9.80 Å². The van der Waals surface area contributed by atoms with Crippen LogP contribution in [0.4, 0.5) is 11.4 Å². The minimum atomic E-state index is -4.26. The standard InChI is InChI=1S/C17H22N2O3S/c1-18(2)15-9-5-13(6-10-15)17(23(20,21)22)14-7-11-16(12-8-14)19(3)4/h5-12,17H,1-4H3,(H,20,21,22). The molecular formula is C17H22N2O3S. The summed E-state index contributed by atoms with van der Waals surface area (Å²) in [5.41, 5.74) is 3.00. The van der Waals surface area contributed by atoms with E-state index in [-0.39, 0.29) is 0 Å². The van der Waals surface area contributed by atoms with Gasteiger partial charge in [-0.25, -0.2) is 0 Å². The zero-order chi connectivity index (χ0) is 17.2. The predicted octanol–water partition coefficient (Wildman–Crippen LogP) is 2.80. The molecule has 0 amide bonds. The molecule has 1 N–H and O–H groups in total. The molecule has 0 heterocycles. The number of hydrogen-bond acceptors (Lipinski definition) is 4. The van der Waals surface area contributed by atoms with Crippen molar-refractivity contribution in [2.75, 3.05) is 38.0 Å². The molecule has 5 nitrogen and oxygen atoms in total. The molecule has 0 aromatic heterocycles. The third-order valence-electron chi connectivity index (χ3n) is 3.72. The first kappa shape index (κ1) is 17.3. The maximum absolute atomic E-state index is 11.9. The van der Waals surface area contributed by atoms with Crippen molar-refractivity contribution in [1.29, 1.82) is 0 Å². The van der Waals surface area contributed by atoms with Crippen LogP contribution in [-0.2, 0) is 10.1 Å². The van der Waals surface area contributed by atoms with Gasteiger partial charge in [0.15, 0.2) is 0 Å². The lowest BCUT2D eigenvalue weighted by molar-refractivity contribution is 0.475. The molecular weight excluding hydrogens is 312 g/mol. The van der Waals surface area contributed by atoms with E-state index in [9.17, 15) is 13.0 Å². The molecule has 0 saturated heterocycles. The summed E-state index contributed by atoms with van der Waals surface area (Å²) < 4.78 is 33.5. The minimum Gasteiger partial charge on any atom is -0.378 e. The van der Waals surface area contributed by atoms with Crippen LogP contribution in [0.2, 0.25) is 0 Å². The molecule has 0 fully saturated rings. The fourth-order valence-corrected chi connectivity index (χ4v) is 3.43. The van der Waals surface area contributed by atoms with Crippen molar-refractivity contribution in [2.45, 2.75) is 5.25 Å². The van der Waals surface area contributed by atoms with Gasteiger partial charge in [0, 0.05) is 39.6 Å². The highest BCUT2D eigenvalue weighted by molar-refractivity contribution is 7.86. The normalized spacial score (nSPS) is 11.6. The molecule has 0 aliphatic carbocycles.